The van der Waals surface area contributed by atoms with Gasteiger partial charge in [0, 0.05) is 68.1 Å². The van der Waals surface area contributed by atoms with Gasteiger partial charge in [0.25, 0.3) is 0 Å². The number of pyridine rings is 1. The predicted molar refractivity (Wildman–Crippen MR) is 123 cm³/mol. The van der Waals surface area contributed by atoms with Gasteiger partial charge in [-0.1, -0.05) is 38.2 Å². The molecule has 3 aliphatic rings. The van der Waals surface area contributed by atoms with Crippen molar-refractivity contribution in [2.45, 2.75) is 33.6 Å². The molecule has 0 amide bonds. The van der Waals surface area contributed by atoms with Crippen molar-refractivity contribution in [2.24, 2.45) is 17.8 Å². The minimum Gasteiger partial charge on any atom is -0.372 e. The summed E-state index contributed by atoms with van der Waals surface area (Å²) < 4.78 is 0. The second-order valence-electron chi connectivity index (χ2n) is 9.02. The highest BCUT2D eigenvalue weighted by molar-refractivity contribution is 5.68. The highest BCUT2D eigenvalue weighted by Gasteiger charge is 2.33. The summed E-state index contributed by atoms with van der Waals surface area (Å²) in [4.78, 5) is 9.57. The number of nitrogens with one attached hydrogen (secondary N) is 1. The van der Waals surface area contributed by atoms with Crippen LogP contribution in [0.5, 0.6) is 0 Å². The Bertz CT molecular complexity index is 803. The molecule has 1 unspecified atom stereocenters. The van der Waals surface area contributed by atoms with Gasteiger partial charge in [0.15, 0.2) is 0 Å². The summed E-state index contributed by atoms with van der Waals surface area (Å²) >= 11 is 0. The zero-order valence-corrected chi connectivity index (χ0v) is 18.3. The molecule has 1 aromatic rings. The molecule has 156 valence electrons. The molecule has 2 saturated heterocycles. The first-order valence-corrected chi connectivity index (χ1v) is 11.3. The number of hydrogen-bond acceptors (Lipinski definition) is 4. The molecule has 0 bridgehead atoms. The van der Waals surface area contributed by atoms with E-state index in [1.807, 2.05) is 12.3 Å². The molecule has 3 atom stereocenters. The average molecular weight is 393 g/mol. The molecule has 2 aliphatic heterocycles. The van der Waals surface area contributed by atoms with E-state index in [1.165, 1.54) is 29.8 Å². The molecule has 1 N–H and O–H groups in total. The van der Waals surface area contributed by atoms with Crippen LogP contribution in [0.4, 0.5) is 5.69 Å². The van der Waals surface area contributed by atoms with E-state index < -0.39 is 0 Å². The van der Waals surface area contributed by atoms with Crippen LogP contribution in [0.25, 0.3) is 6.08 Å². The van der Waals surface area contributed by atoms with E-state index in [4.69, 9.17) is 0 Å². The number of piperazine rings is 1. The number of hydrogen-bond donors (Lipinski definition) is 1. The first kappa shape index (κ1) is 20.2. The molecule has 4 rings (SSSR count). The normalized spacial score (nSPS) is 28.0. The molecule has 0 aromatic carbocycles. The highest BCUT2D eigenvalue weighted by atomic mass is 15.2. The Morgan fingerprint density at radius 3 is 2.62 bits per heavy atom. The van der Waals surface area contributed by atoms with Crippen molar-refractivity contribution < 1.29 is 0 Å². The minimum absolute atomic E-state index is 0.649. The summed E-state index contributed by atoms with van der Waals surface area (Å²) in [6.07, 6.45) is 11.2. The second kappa shape index (κ2) is 8.74. The number of rotatable bonds is 4. The van der Waals surface area contributed by atoms with Crippen LogP contribution in [0, 0.1) is 24.7 Å². The predicted octanol–water partition coefficient (Wildman–Crippen LogP) is 4.25. The summed E-state index contributed by atoms with van der Waals surface area (Å²) in [5, 5.41) is 3.46. The monoisotopic (exact) mass is 392 g/mol. The van der Waals surface area contributed by atoms with Crippen molar-refractivity contribution in [3.05, 3.63) is 53.5 Å². The number of allylic oxidation sites excluding steroid dienone is 4. The van der Waals surface area contributed by atoms with Crippen LogP contribution in [-0.2, 0) is 0 Å². The summed E-state index contributed by atoms with van der Waals surface area (Å²) in [5.41, 5.74) is 6.76. The Hall–Kier alpha value is -2.07. The zero-order valence-electron chi connectivity index (χ0n) is 18.3. The lowest BCUT2D eigenvalue weighted by atomic mass is 9.74. The molecule has 0 radical (unpaired) electrons. The van der Waals surface area contributed by atoms with Crippen molar-refractivity contribution in [3.63, 3.8) is 0 Å². The van der Waals surface area contributed by atoms with Gasteiger partial charge in [-0.15, -0.1) is 0 Å². The lowest BCUT2D eigenvalue weighted by molar-refractivity contribution is 0.271. The fourth-order valence-electron chi connectivity index (χ4n) is 5.48. The lowest BCUT2D eigenvalue weighted by Gasteiger charge is -2.42. The summed E-state index contributed by atoms with van der Waals surface area (Å²) in [5.74, 6) is 1.99. The molecule has 0 spiro atoms. The molecule has 1 aliphatic carbocycles. The molecule has 29 heavy (non-hydrogen) atoms. The molecular weight excluding hydrogens is 356 g/mol. The summed E-state index contributed by atoms with van der Waals surface area (Å²) in [7, 11) is 0. The molecule has 3 heterocycles. The topological polar surface area (TPSA) is 31.4 Å². The largest absolute Gasteiger partial charge is 0.372 e. The Morgan fingerprint density at radius 1 is 1.14 bits per heavy atom. The van der Waals surface area contributed by atoms with Gasteiger partial charge in [-0.2, -0.15) is 0 Å². The third kappa shape index (κ3) is 4.13. The fourth-order valence-corrected chi connectivity index (χ4v) is 5.48. The summed E-state index contributed by atoms with van der Waals surface area (Å²) in [6, 6.07) is 2.15. The molecule has 4 heteroatoms. The Morgan fingerprint density at radius 2 is 1.93 bits per heavy atom. The van der Waals surface area contributed by atoms with Gasteiger partial charge in [-0.25, -0.2) is 0 Å². The van der Waals surface area contributed by atoms with Crippen molar-refractivity contribution in [1.82, 2.24) is 15.2 Å². The molecule has 0 saturated carbocycles. The van der Waals surface area contributed by atoms with Gasteiger partial charge in [0.1, 0.15) is 0 Å². The third-order valence-corrected chi connectivity index (χ3v) is 7.12. The number of aromatic nitrogens is 1. The highest BCUT2D eigenvalue weighted by Crippen LogP contribution is 2.40. The molecule has 4 nitrogen and oxygen atoms in total. The van der Waals surface area contributed by atoms with Gasteiger partial charge in [-0.05, 0) is 49.7 Å². The van der Waals surface area contributed by atoms with E-state index in [9.17, 15) is 0 Å². The smallest absolute Gasteiger partial charge is 0.0473 e. The van der Waals surface area contributed by atoms with Crippen molar-refractivity contribution >= 4 is 11.8 Å². The Kier molecular flexibility index (Phi) is 6.09. The third-order valence-electron chi connectivity index (χ3n) is 7.12. The first-order chi connectivity index (χ1) is 14.1. The van der Waals surface area contributed by atoms with Crippen molar-refractivity contribution in [1.29, 1.82) is 0 Å². The average Bonchev–Trinajstić information content (AvgIpc) is 2.74. The van der Waals surface area contributed by atoms with Crippen molar-refractivity contribution in [2.75, 3.05) is 44.2 Å². The Labute approximate surface area is 176 Å². The van der Waals surface area contributed by atoms with Crippen LogP contribution < -0.4 is 10.2 Å². The van der Waals surface area contributed by atoms with Gasteiger partial charge in [0.2, 0.25) is 0 Å². The van der Waals surface area contributed by atoms with Crippen LogP contribution in [0.1, 0.15) is 37.9 Å². The Balaban J connectivity index is 1.47. The van der Waals surface area contributed by atoms with E-state index in [1.54, 1.807) is 5.57 Å². The SMILES string of the molecule is C=Cc1c(N2CC[C@H](C3=CC=C(N4CCNCC4)CC3C)[C@@H](C)C2)ccnc1C. The molecular formula is C25H36N4. The van der Waals surface area contributed by atoms with E-state index in [0.29, 0.717) is 17.8 Å². The van der Waals surface area contributed by atoms with E-state index in [-0.39, 0.29) is 0 Å². The standard InChI is InChI=1S/C25H36N4/c1-5-22-20(4)27-10-8-25(22)29-13-9-24(19(3)17-29)23-7-6-21(16-18(23)2)28-14-11-26-12-15-28/h5-8,10,18-19,24,26H,1,9,11-17H2,2-4H3/t18?,19-,24-/m0/s1. The van der Waals surface area contributed by atoms with E-state index >= 15 is 0 Å². The lowest BCUT2D eigenvalue weighted by Crippen LogP contribution is -2.44. The maximum atomic E-state index is 4.45. The van der Waals surface area contributed by atoms with Gasteiger partial charge in [0.05, 0.1) is 0 Å². The number of piperidine rings is 1. The van der Waals surface area contributed by atoms with Crippen LogP contribution in [0.2, 0.25) is 0 Å². The summed E-state index contributed by atoms with van der Waals surface area (Å²) in [6.45, 7) is 17.7. The minimum atomic E-state index is 0.649. The quantitative estimate of drug-likeness (QED) is 0.830. The molecule has 2 fully saturated rings. The van der Waals surface area contributed by atoms with Crippen LogP contribution in [0.15, 0.2) is 42.3 Å². The first-order valence-electron chi connectivity index (χ1n) is 11.3. The fraction of sp³-hybridized carbons (Fsp3) is 0.560. The maximum absolute atomic E-state index is 4.45. The van der Waals surface area contributed by atoms with Gasteiger partial charge < -0.3 is 15.1 Å². The van der Waals surface area contributed by atoms with Crippen LogP contribution in [-0.4, -0.2) is 49.2 Å². The maximum Gasteiger partial charge on any atom is 0.0473 e. The van der Waals surface area contributed by atoms with Crippen molar-refractivity contribution in [3.8, 4) is 0 Å². The number of nitrogens with zero attached hydrogens (tertiary/aromatic N) is 3. The number of anilines is 1. The van der Waals surface area contributed by atoms with E-state index in [2.05, 4.69) is 65.7 Å². The van der Waals surface area contributed by atoms with Gasteiger partial charge in [-0.3, -0.25) is 4.98 Å². The zero-order chi connectivity index (χ0) is 20.4. The molecule has 1 aromatic heterocycles. The van der Waals surface area contributed by atoms with Crippen LogP contribution >= 0.6 is 0 Å². The van der Waals surface area contributed by atoms with Gasteiger partial charge >= 0.3 is 0 Å². The number of aryl methyl sites for hydroxylation is 1. The van der Waals surface area contributed by atoms with Crippen LogP contribution in [0.3, 0.4) is 0 Å². The second-order valence-corrected chi connectivity index (χ2v) is 9.02. The van der Waals surface area contributed by atoms with E-state index in [0.717, 1.165) is 45.0 Å².